The van der Waals surface area contributed by atoms with Gasteiger partial charge in [0.1, 0.15) is 17.5 Å². The highest BCUT2D eigenvalue weighted by molar-refractivity contribution is 6.38. The number of nitrogens with one attached hydrogen (secondary N) is 1. The van der Waals surface area contributed by atoms with E-state index in [2.05, 4.69) is 15.3 Å². The summed E-state index contributed by atoms with van der Waals surface area (Å²) >= 11 is 6.23. The van der Waals surface area contributed by atoms with Gasteiger partial charge in [0.25, 0.3) is 5.91 Å². The quantitative estimate of drug-likeness (QED) is 0.162. The molecule has 3 aliphatic rings. The number of amides is 2. The van der Waals surface area contributed by atoms with E-state index in [0.29, 0.717) is 23.6 Å². The molecule has 0 bridgehead atoms. The summed E-state index contributed by atoms with van der Waals surface area (Å²) in [5.41, 5.74) is -0.596. The lowest BCUT2D eigenvalue weighted by Crippen LogP contribution is -2.51. The number of benzene rings is 1. The van der Waals surface area contributed by atoms with Crippen molar-refractivity contribution >= 4 is 46.5 Å². The van der Waals surface area contributed by atoms with E-state index in [9.17, 15) is 28.8 Å². The first-order valence-corrected chi connectivity index (χ1v) is 20.0. The molecule has 2 amide bonds. The summed E-state index contributed by atoms with van der Waals surface area (Å²) in [7, 11) is 0. The van der Waals surface area contributed by atoms with Gasteiger partial charge in [0.15, 0.2) is 17.3 Å². The van der Waals surface area contributed by atoms with Crippen LogP contribution in [0.1, 0.15) is 122 Å². The second kappa shape index (κ2) is 18.6. The molecule has 3 fully saturated rings. The van der Waals surface area contributed by atoms with Crippen molar-refractivity contribution in [2.45, 2.75) is 129 Å². The lowest BCUT2D eigenvalue weighted by atomic mass is 9.74. The maximum atomic E-state index is 14.8. The minimum absolute atomic E-state index is 0.0881. The summed E-state index contributed by atoms with van der Waals surface area (Å²) < 4.78 is 6.28. The van der Waals surface area contributed by atoms with Crippen molar-refractivity contribution < 1.29 is 33.5 Å². The number of likely N-dealkylation sites (tertiary alicyclic amines) is 1. The first-order valence-electron chi connectivity index (χ1n) is 19.7. The molecule has 12 heteroatoms. The zero-order chi connectivity index (χ0) is 39.0. The molecule has 2 aliphatic carbocycles. The minimum Gasteiger partial charge on any atom is -0.488 e. The van der Waals surface area contributed by atoms with Gasteiger partial charge in [-0.2, -0.15) is 0 Å². The molecular weight excluding hydrogens is 708 g/mol. The van der Waals surface area contributed by atoms with E-state index in [4.69, 9.17) is 16.3 Å². The number of aromatic nitrogens is 2. The van der Waals surface area contributed by atoms with Crippen LogP contribution in [0, 0.1) is 29.1 Å². The third-order valence-corrected chi connectivity index (χ3v) is 11.5. The van der Waals surface area contributed by atoms with Crippen LogP contribution in [0.15, 0.2) is 42.9 Å². The Labute approximate surface area is 323 Å². The number of hydrogen-bond donors (Lipinski definition) is 1. The van der Waals surface area contributed by atoms with Gasteiger partial charge in [-0.05, 0) is 67.6 Å². The molecular formula is C42H55ClN4O7. The number of carbonyl (C=O) groups excluding carboxylic acids is 6. The first kappa shape index (κ1) is 41.2. The third kappa shape index (κ3) is 11.0. The molecule has 2 aromatic rings. The van der Waals surface area contributed by atoms with Crippen LogP contribution in [0.25, 0.3) is 0 Å². The van der Waals surface area contributed by atoms with Crippen LogP contribution in [0.5, 0.6) is 5.75 Å². The fraction of sp³-hybridized carbons (Fsp3) is 0.619. The van der Waals surface area contributed by atoms with Crippen molar-refractivity contribution in [1.29, 1.82) is 0 Å². The molecule has 1 saturated heterocycles. The molecule has 0 spiro atoms. The predicted molar refractivity (Wildman–Crippen MR) is 204 cm³/mol. The van der Waals surface area contributed by atoms with Crippen molar-refractivity contribution in [1.82, 2.24) is 20.2 Å². The zero-order valence-corrected chi connectivity index (χ0v) is 32.8. The van der Waals surface area contributed by atoms with E-state index in [-0.39, 0.29) is 67.2 Å². The van der Waals surface area contributed by atoms with Crippen molar-refractivity contribution in [2.24, 2.45) is 29.1 Å². The summed E-state index contributed by atoms with van der Waals surface area (Å²) in [6.07, 6.45) is 11.2. The minimum atomic E-state index is -0.919. The SMILES string of the molecule is CCC[C@H](CC(=O)[C@@H]1C[C@@H](Oc2cccc(Cl)c2)CN1C(=O)[C@@H](CC(=O)[C@@H](NC(=O)c1cnccn1)C1CCCCC1)C(C)(C)C)C(=O)C(=O)CC1CC1. The number of halogens is 1. The number of Topliss-reactive ketones (excluding diaryl/α,β-unsaturated/α-hetero) is 4. The number of ketones is 4. The van der Waals surface area contributed by atoms with Crippen LogP contribution in [-0.2, 0) is 24.0 Å². The van der Waals surface area contributed by atoms with E-state index >= 15 is 0 Å². The van der Waals surface area contributed by atoms with Crippen LogP contribution in [0.3, 0.4) is 0 Å². The van der Waals surface area contributed by atoms with E-state index in [1.165, 1.54) is 23.5 Å². The number of ether oxygens (including phenoxy) is 1. The van der Waals surface area contributed by atoms with E-state index in [1.807, 2.05) is 27.7 Å². The highest BCUT2D eigenvalue weighted by Crippen LogP contribution is 2.37. The normalized spacial score (nSPS) is 20.8. The molecule has 54 heavy (non-hydrogen) atoms. The van der Waals surface area contributed by atoms with Crippen molar-refractivity contribution in [3.63, 3.8) is 0 Å². The summed E-state index contributed by atoms with van der Waals surface area (Å²) in [5.74, 6) is -3.27. The molecule has 2 heterocycles. The van der Waals surface area contributed by atoms with Crippen molar-refractivity contribution in [3.05, 3.63) is 53.6 Å². The van der Waals surface area contributed by atoms with E-state index < -0.39 is 52.9 Å². The standard InChI is InChI=1S/C42H55ClN4O7/c1-5-10-28(39(51)37(50)19-26-15-16-26)20-35(48)34-22-31(54-30-14-9-13-29(43)21-30)25-47(34)41(53)32(42(2,3)4)23-36(49)38(27-11-7-6-8-12-27)46-40(52)33-24-44-17-18-45-33/h9,13-14,17-18,21,24,26-28,31-32,34,38H,5-8,10-12,15-16,19-20,22-23,25H2,1-4H3,(H,46,52)/t28-,31-,32-,34+,38+/m1/s1. The fourth-order valence-electron chi connectivity index (χ4n) is 7.98. The van der Waals surface area contributed by atoms with Crippen LogP contribution in [0.2, 0.25) is 5.02 Å². The van der Waals surface area contributed by atoms with E-state index in [1.54, 1.807) is 24.3 Å². The number of hydrogen-bond acceptors (Lipinski definition) is 9. The molecule has 0 radical (unpaired) electrons. The van der Waals surface area contributed by atoms with Gasteiger partial charge in [0, 0.05) is 54.9 Å². The molecule has 1 aliphatic heterocycles. The van der Waals surface area contributed by atoms with Gasteiger partial charge < -0.3 is 15.0 Å². The maximum Gasteiger partial charge on any atom is 0.272 e. The highest BCUT2D eigenvalue weighted by atomic mass is 35.5. The lowest BCUT2D eigenvalue weighted by Gasteiger charge is -2.36. The largest absolute Gasteiger partial charge is 0.488 e. The Morgan fingerprint density at radius 1 is 1.00 bits per heavy atom. The molecule has 11 nitrogen and oxygen atoms in total. The van der Waals surface area contributed by atoms with Crippen LogP contribution < -0.4 is 10.1 Å². The Balaban J connectivity index is 1.40. The highest BCUT2D eigenvalue weighted by Gasteiger charge is 2.47. The number of carbonyl (C=O) groups is 6. The molecule has 1 aromatic heterocycles. The Hall–Kier alpha value is -3.99. The average molecular weight is 763 g/mol. The van der Waals surface area contributed by atoms with Crippen molar-refractivity contribution in [3.8, 4) is 5.75 Å². The Bertz CT molecular complexity index is 1670. The second-order valence-electron chi connectivity index (χ2n) is 16.6. The topological polar surface area (TPSA) is 153 Å². The number of rotatable bonds is 18. The molecule has 5 atom stereocenters. The summed E-state index contributed by atoms with van der Waals surface area (Å²) in [5, 5.41) is 3.42. The summed E-state index contributed by atoms with van der Waals surface area (Å²) in [4.78, 5) is 92.6. The van der Waals surface area contributed by atoms with Crippen LogP contribution >= 0.6 is 11.6 Å². The van der Waals surface area contributed by atoms with E-state index in [0.717, 1.165) is 44.9 Å². The molecule has 2 saturated carbocycles. The van der Waals surface area contributed by atoms with Gasteiger partial charge >= 0.3 is 0 Å². The Morgan fingerprint density at radius 2 is 1.74 bits per heavy atom. The van der Waals surface area contributed by atoms with Gasteiger partial charge in [0.05, 0.1) is 24.8 Å². The van der Waals surface area contributed by atoms with Gasteiger partial charge in [-0.15, -0.1) is 0 Å². The Morgan fingerprint density at radius 3 is 2.37 bits per heavy atom. The van der Waals surface area contributed by atoms with Gasteiger partial charge in [-0.25, -0.2) is 4.98 Å². The summed E-state index contributed by atoms with van der Waals surface area (Å²) in [6.45, 7) is 7.68. The summed E-state index contributed by atoms with van der Waals surface area (Å²) in [6, 6.07) is 5.17. The van der Waals surface area contributed by atoms with Crippen LogP contribution in [0.4, 0.5) is 0 Å². The van der Waals surface area contributed by atoms with Crippen molar-refractivity contribution in [2.75, 3.05) is 6.54 Å². The smallest absolute Gasteiger partial charge is 0.272 e. The van der Waals surface area contributed by atoms with Gasteiger partial charge in [-0.3, -0.25) is 33.8 Å². The maximum absolute atomic E-state index is 14.8. The fourth-order valence-corrected chi connectivity index (χ4v) is 8.16. The third-order valence-electron chi connectivity index (χ3n) is 11.2. The molecule has 292 valence electrons. The zero-order valence-electron chi connectivity index (χ0n) is 32.1. The molecule has 0 unspecified atom stereocenters. The van der Waals surface area contributed by atoms with Gasteiger partial charge in [0.2, 0.25) is 11.7 Å². The molecule has 1 N–H and O–H groups in total. The van der Waals surface area contributed by atoms with Gasteiger partial charge in [-0.1, -0.05) is 71.0 Å². The predicted octanol–water partition coefficient (Wildman–Crippen LogP) is 6.79. The molecule has 1 aromatic carbocycles. The second-order valence-corrected chi connectivity index (χ2v) is 17.0. The first-order chi connectivity index (χ1) is 25.7. The number of nitrogens with zero attached hydrogens (tertiary/aromatic N) is 3. The monoisotopic (exact) mass is 762 g/mol. The Kier molecular flexibility index (Phi) is 14.2. The van der Waals surface area contributed by atoms with Crippen LogP contribution in [-0.4, -0.2) is 74.5 Å². The lowest BCUT2D eigenvalue weighted by molar-refractivity contribution is -0.147. The molecule has 5 rings (SSSR count). The average Bonchev–Trinajstić information content (AvgIpc) is 3.87.